The van der Waals surface area contributed by atoms with Crippen molar-refractivity contribution in [1.29, 1.82) is 0 Å². The lowest BCUT2D eigenvalue weighted by molar-refractivity contribution is -0.137. The highest BCUT2D eigenvalue weighted by Gasteiger charge is 2.31. The zero-order valence-electron chi connectivity index (χ0n) is 34.3. The minimum absolute atomic E-state index is 0.120. The third-order valence-corrected chi connectivity index (χ3v) is 10.2. The molecule has 5 rings (SSSR count). The first-order valence-electron chi connectivity index (χ1n) is 19.4. The third kappa shape index (κ3) is 10.0. The van der Waals surface area contributed by atoms with Gasteiger partial charge in [-0.2, -0.15) is 0 Å². The molecule has 0 aliphatic rings. The number of allylic oxidation sites excluding steroid dienone is 2. The van der Waals surface area contributed by atoms with E-state index in [0.717, 1.165) is 22.4 Å². The van der Waals surface area contributed by atoms with Crippen molar-refractivity contribution in [3.05, 3.63) is 137 Å². The van der Waals surface area contributed by atoms with Crippen molar-refractivity contribution in [2.45, 2.75) is 85.0 Å². The van der Waals surface area contributed by atoms with Crippen LogP contribution >= 0.6 is 0 Å². The van der Waals surface area contributed by atoms with Gasteiger partial charge in [0.15, 0.2) is 11.5 Å². The number of methoxy groups -OCH3 is 2. The number of esters is 1. The van der Waals surface area contributed by atoms with E-state index in [0.29, 0.717) is 51.4 Å². The van der Waals surface area contributed by atoms with Crippen molar-refractivity contribution in [3.8, 4) is 39.6 Å². The minimum atomic E-state index is -1.23. The number of benzene rings is 4. The SMILES string of the molecule is [CH]/C(C)=C/Cc1c(C)c(OC)c(OC)c(OC(=O)CC(O)CC(O)CCn2c(-c3ccc(F)cc3)c(-c3ccccc3)c(C(=O)Nc3ccccc3)c2C(C)C)c1C. The van der Waals surface area contributed by atoms with Gasteiger partial charge in [0.1, 0.15) is 5.82 Å². The van der Waals surface area contributed by atoms with Gasteiger partial charge in [0.05, 0.1) is 44.1 Å². The van der Waals surface area contributed by atoms with E-state index in [2.05, 4.69) is 5.32 Å². The number of hydrogen-bond donors (Lipinski definition) is 3. The maximum atomic E-state index is 14.4. The Morgan fingerprint density at radius 3 is 2.03 bits per heavy atom. The van der Waals surface area contributed by atoms with Crippen molar-refractivity contribution in [2.24, 2.45) is 0 Å². The summed E-state index contributed by atoms with van der Waals surface area (Å²) in [6, 6.07) is 24.9. The number of hydrogen-bond acceptors (Lipinski definition) is 7. The van der Waals surface area contributed by atoms with Crippen molar-refractivity contribution in [2.75, 3.05) is 19.5 Å². The van der Waals surface area contributed by atoms with Crippen molar-refractivity contribution in [3.63, 3.8) is 0 Å². The molecule has 1 aromatic heterocycles. The Balaban J connectivity index is 1.44. The maximum absolute atomic E-state index is 14.4. The summed E-state index contributed by atoms with van der Waals surface area (Å²) in [5.41, 5.74) is 7.70. The van der Waals surface area contributed by atoms with Crippen LogP contribution in [0.25, 0.3) is 22.4 Å². The Morgan fingerprint density at radius 2 is 1.45 bits per heavy atom. The number of anilines is 1. The molecule has 10 heteroatoms. The Kier molecular flexibility index (Phi) is 14.7. The molecule has 0 aliphatic heterocycles. The second kappa shape index (κ2) is 19.6. The lowest BCUT2D eigenvalue weighted by Gasteiger charge is -2.22. The van der Waals surface area contributed by atoms with E-state index < -0.39 is 30.4 Å². The highest BCUT2D eigenvalue weighted by Crippen LogP contribution is 2.46. The van der Waals surface area contributed by atoms with Crippen LogP contribution in [0, 0.1) is 26.6 Å². The van der Waals surface area contributed by atoms with Crippen LogP contribution in [0.4, 0.5) is 10.1 Å². The second-order valence-corrected chi connectivity index (χ2v) is 14.8. The molecule has 1 heterocycles. The van der Waals surface area contributed by atoms with E-state index >= 15 is 0 Å². The zero-order valence-corrected chi connectivity index (χ0v) is 34.3. The van der Waals surface area contributed by atoms with E-state index in [1.165, 1.54) is 26.4 Å². The summed E-state index contributed by atoms with van der Waals surface area (Å²) in [6.45, 7) is 15.7. The summed E-state index contributed by atoms with van der Waals surface area (Å²) in [4.78, 5) is 27.7. The largest absolute Gasteiger partial charge is 0.492 e. The molecular weight excluding hydrogens is 736 g/mol. The molecule has 0 saturated carbocycles. The summed E-state index contributed by atoms with van der Waals surface area (Å²) in [6.07, 6.45) is -0.275. The van der Waals surface area contributed by atoms with E-state index in [4.69, 9.17) is 21.1 Å². The fourth-order valence-corrected chi connectivity index (χ4v) is 7.47. The standard InChI is InChI=1S/C48H53FN2O7/c1-29(2)19-24-39-31(5)45(56-7)47(57-8)46(32(39)6)58-40(54)28-38(53)27-37(52)25-26-51-43(30(3)4)42(48(55)50-36-17-13-10-14-18-36)41(33-15-11-9-12-16-33)44(51)34-20-22-35(49)23-21-34/h1,9-23,30,37-38,52-53H,24-28H2,2-8H3,(H,50,55)/b29-19-. The monoisotopic (exact) mass is 788 g/mol. The number of carbonyl (C=O) groups is 2. The summed E-state index contributed by atoms with van der Waals surface area (Å²) in [7, 11) is 2.97. The quantitative estimate of drug-likeness (QED) is 0.0634. The van der Waals surface area contributed by atoms with Gasteiger partial charge >= 0.3 is 5.97 Å². The molecule has 58 heavy (non-hydrogen) atoms. The molecule has 5 aromatic rings. The number of aromatic nitrogens is 1. The van der Waals surface area contributed by atoms with Gasteiger partial charge in [0, 0.05) is 23.5 Å². The molecule has 3 N–H and O–H groups in total. The van der Waals surface area contributed by atoms with Crippen LogP contribution in [0.2, 0.25) is 0 Å². The Hall–Kier alpha value is -5.71. The number of aliphatic hydroxyl groups excluding tert-OH is 2. The molecule has 2 radical (unpaired) electrons. The molecular formula is C48H53FN2O7. The first kappa shape index (κ1) is 43.4. The number of ether oxygens (including phenoxy) is 3. The molecule has 0 saturated heterocycles. The number of aliphatic hydroxyl groups is 2. The highest BCUT2D eigenvalue weighted by molar-refractivity contribution is 6.12. The van der Waals surface area contributed by atoms with Crippen molar-refractivity contribution >= 4 is 17.6 Å². The molecule has 304 valence electrons. The van der Waals surface area contributed by atoms with E-state index in [1.807, 2.05) is 99.0 Å². The fourth-order valence-electron chi connectivity index (χ4n) is 7.47. The van der Waals surface area contributed by atoms with Gasteiger partial charge in [-0.25, -0.2) is 4.39 Å². The van der Waals surface area contributed by atoms with Gasteiger partial charge < -0.3 is 34.3 Å². The molecule has 0 aliphatic carbocycles. The zero-order chi connectivity index (χ0) is 42.1. The molecule has 2 unspecified atom stereocenters. The summed E-state index contributed by atoms with van der Waals surface area (Å²) < 4.78 is 33.4. The van der Waals surface area contributed by atoms with Crippen LogP contribution in [0.1, 0.15) is 78.7 Å². The predicted octanol–water partition coefficient (Wildman–Crippen LogP) is 9.67. The van der Waals surface area contributed by atoms with Gasteiger partial charge in [0.2, 0.25) is 5.75 Å². The van der Waals surface area contributed by atoms with Gasteiger partial charge in [-0.3, -0.25) is 9.59 Å². The number of carbonyl (C=O) groups excluding carboxylic acids is 2. The molecule has 0 fully saturated rings. The van der Waals surface area contributed by atoms with Gasteiger partial charge in [-0.15, -0.1) is 0 Å². The maximum Gasteiger partial charge on any atom is 0.313 e. The first-order valence-corrected chi connectivity index (χ1v) is 19.4. The highest BCUT2D eigenvalue weighted by atomic mass is 19.1. The van der Waals surface area contributed by atoms with Crippen LogP contribution < -0.4 is 19.5 Å². The van der Waals surface area contributed by atoms with Crippen LogP contribution in [0.5, 0.6) is 17.2 Å². The van der Waals surface area contributed by atoms with Crippen LogP contribution in [-0.2, 0) is 17.8 Å². The molecule has 0 spiro atoms. The Morgan fingerprint density at radius 1 is 0.845 bits per heavy atom. The smallest absolute Gasteiger partial charge is 0.313 e. The Labute approximate surface area is 341 Å². The molecule has 4 aromatic carbocycles. The topological polar surface area (TPSA) is 119 Å². The lowest BCUT2D eigenvalue weighted by atomic mass is 9.94. The average Bonchev–Trinajstić information content (AvgIpc) is 3.54. The van der Waals surface area contributed by atoms with Crippen LogP contribution in [0.3, 0.4) is 0 Å². The van der Waals surface area contributed by atoms with Crippen LogP contribution in [-0.4, -0.2) is 53.1 Å². The molecule has 9 nitrogen and oxygen atoms in total. The van der Waals surface area contributed by atoms with Crippen molar-refractivity contribution in [1.82, 2.24) is 4.57 Å². The van der Waals surface area contributed by atoms with Gasteiger partial charge in [-0.1, -0.05) is 74.0 Å². The molecule has 2 atom stereocenters. The minimum Gasteiger partial charge on any atom is -0.492 e. The number of nitrogens with zero attached hydrogens (tertiary/aromatic N) is 1. The number of amides is 1. The third-order valence-electron chi connectivity index (χ3n) is 10.2. The lowest BCUT2D eigenvalue weighted by Crippen LogP contribution is -2.24. The van der Waals surface area contributed by atoms with E-state index in [-0.39, 0.29) is 42.7 Å². The van der Waals surface area contributed by atoms with Gasteiger partial charge in [-0.05, 0) is 117 Å². The van der Waals surface area contributed by atoms with Gasteiger partial charge in [0.25, 0.3) is 5.91 Å². The predicted molar refractivity (Wildman–Crippen MR) is 226 cm³/mol. The average molecular weight is 789 g/mol. The summed E-state index contributed by atoms with van der Waals surface area (Å²) >= 11 is 0. The fraction of sp³-hybridized carbons (Fsp3) is 0.312. The first-order chi connectivity index (χ1) is 27.7. The van der Waals surface area contributed by atoms with E-state index in [1.54, 1.807) is 19.1 Å². The second-order valence-electron chi connectivity index (χ2n) is 14.8. The molecule has 0 bridgehead atoms. The number of para-hydroxylation sites is 1. The Bertz CT molecular complexity index is 2220. The van der Waals surface area contributed by atoms with Crippen LogP contribution in [0.15, 0.2) is 96.6 Å². The summed E-state index contributed by atoms with van der Waals surface area (Å²) in [5.74, 6) is -0.698. The van der Waals surface area contributed by atoms with E-state index in [9.17, 15) is 24.2 Å². The van der Waals surface area contributed by atoms with Crippen molar-refractivity contribution < 1.29 is 38.4 Å². The number of halogens is 1. The number of nitrogens with one attached hydrogen (secondary N) is 1. The molecule has 1 amide bonds. The number of rotatable bonds is 17. The summed E-state index contributed by atoms with van der Waals surface area (Å²) in [5, 5.41) is 25.5. The normalized spacial score (nSPS) is 12.7.